The molecule has 2 aromatic rings. The number of thiazole rings is 1. The van der Waals surface area contributed by atoms with Crippen LogP contribution in [0.5, 0.6) is 0 Å². The van der Waals surface area contributed by atoms with Crippen molar-refractivity contribution in [2.24, 2.45) is 0 Å². The number of rotatable bonds is 5. The Labute approximate surface area is 192 Å². The number of unbranched alkanes of at least 4 members (excludes halogenated alkanes) is 1. The van der Waals surface area contributed by atoms with Crippen molar-refractivity contribution >= 4 is 17.2 Å². The van der Waals surface area contributed by atoms with Crippen molar-refractivity contribution in [3.05, 3.63) is 39.9 Å². The van der Waals surface area contributed by atoms with Crippen molar-refractivity contribution < 1.29 is 31.1 Å². The maximum atomic E-state index is 13.2. The molecule has 0 atom stereocenters. The zero-order chi connectivity index (χ0) is 24.4. The average molecular weight is 494 g/mol. The summed E-state index contributed by atoms with van der Waals surface area (Å²) in [6, 6.07) is 1.36. The van der Waals surface area contributed by atoms with E-state index < -0.39 is 23.5 Å². The first kappa shape index (κ1) is 25.5. The van der Waals surface area contributed by atoms with Crippen LogP contribution in [0.1, 0.15) is 52.7 Å². The second kappa shape index (κ2) is 10.0. The molecule has 0 N–H and O–H groups in total. The summed E-state index contributed by atoms with van der Waals surface area (Å²) in [5.41, 5.74) is -2.84. The highest BCUT2D eigenvalue weighted by atomic mass is 32.1. The number of hydrogen-bond acceptors (Lipinski definition) is 4. The van der Waals surface area contributed by atoms with E-state index in [-0.39, 0.29) is 33.1 Å². The largest absolute Gasteiger partial charge is 0.416 e. The predicted octanol–water partition coefficient (Wildman–Crippen LogP) is 6.10. The van der Waals surface area contributed by atoms with E-state index in [2.05, 4.69) is 16.8 Å². The van der Waals surface area contributed by atoms with Gasteiger partial charge in [0.25, 0.3) is 5.91 Å². The van der Waals surface area contributed by atoms with Crippen LogP contribution in [0.2, 0.25) is 0 Å². The van der Waals surface area contributed by atoms with Crippen LogP contribution < -0.4 is 0 Å². The maximum absolute atomic E-state index is 13.2. The lowest BCUT2D eigenvalue weighted by Crippen LogP contribution is -2.35. The molecule has 4 nitrogen and oxygen atoms in total. The van der Waals surface area contributed by atoms with Crippen molar-refractivity contribution in [1.29, 1.82) is 0 Å². The molecule has 11 heteroatoms. The molecule has 0 radical (unpaired) electrons. The SMILES string of the molecule is CCCCN1CCCN(C(=O)c2sc(-c3cc(C(F)(F)F)cc(C(F)(F)F)c3)nc2C)CC1. The van der Waals surface area contributed by atoms with E-state index in [9.17, 15) is 31.1 Å². The minimum atomic E-state index is -4.95. The monoisotopic (exact) mass is 493 g/mol. The van der Waals surface area contributed by atoms with E-state index in [0.717, 1.165) is 50.2 Å². The Kier molecular flexibility index (Phi) is 7.73. The van der Waals surface area contributed by atoms with Gasteiger partial charge in [-0.05, 0) is 51.1 Å². The quantitative estimate of drug-likeness (QED) is 0.472. The van der Waals surface area contributed by atoms with Gasteiger partial charge in [-0.25, -0.2) is 4.98 Å². The molecule has 3 rings (SSSR count). The van der Waals surface area contributed by atoms with Crippen LogP contribution in [0.15, 0.2) is 18.2 Å². The molecule has 0 saturated carbocycles. The van der Waals surface area contributed by atoms with Gasteiger partial charge in [-0.15, -0.1) is 11.3 Å². The van der Waals surface area contributed by atoms with Gasteiger partial charge in [0.2, 0.25) is 0 Å². The minimum absolute atomic E-state index is 0.0492. The van der Waals surface area contributed by atoms with Crippen LogP contribution in [0.25, 0.3) is 10.6 Å². The maximum Gasteiger partial charge on any atom is 0.416 e. The van der Waals surface area contributed by atoms with Gasteiger partial charge in [-0.2, -0.15) is 26.3 Å². The summed E-state index contributed by atoms with van der Waals surface area (Å²) in [7, 11) is 0. The van der Waals surface area contributed by atoms with Crippen LogP contribution in [0, 0.1) is 6.92 Å². The molecule has 33 heavy (non-hydrogen) atoms. The second-order valence-corrected chi connectivity index (χ2v) is 9.07. The lowest BCUT2D eigenvalue weighted by molar-refractivity contribution is -0.143. The van der Waals surface area contributed by atoms with Crippen molar-refractivity contribution in [3.63, 3.8) is 0 Å². The van der Waals surface area contributed by atoms with Crippen molar-refractivity contribution in [2.45, 2.75) is 45.5 Å². The average Bonchev–Trinajstić information content (AvgIpc) is 2.97. The number of nitrogens with zero attached hydrogens (tertiary/aromatic N) is 3. The second-order valence-electron chi connectivity index (χ2n) is 8.07. The summed E-state index contributed by atoms with van der Waals surface area (Å²) in [5, 5.41) is -0.0492. The number of halogens is 6. The number of alkyl halides is 6. The lowest BCUT2D eigenvalue weighted by atomic mass is 10.1. The summed E-state index contributed by atoms with van der Waals surface area (Å²) in [6.45, 7) is 7.25. The third kappa shape index (κ3) is 6.26. The number of aromatic nitrogens is 1. The van der Waals surface area contributed by atoms with Crippen LogP contribution in [-0.2, 0) is 12.4 Å². The number of carbonyl (C=O) groups excluding carboxylic acids is 1. The standard InChI is InChI=1S/C22H25F6N3OS/c1-3-4-6-30-7-5-8-31(10-9-30)20(32)18-14(2)29-19(33-18)15-11-16(21(23,24)25)13-17(12-15)22(26,27)28/h11-13H,3-10H2,1-2H3. The molecule has 1 aliphatic heterocycles. The van der Waals surface area contributed by atoms with Gasteiger partial charge in [-0.1, -0.05) is 13.3 Å². The summed E-state index contributed by atoms with van der Waals surface area (Å²) in [5.74, 6) is -0.295. The fourth-order valence-electron chi connectivity index (χ4n) is 3.72. The van der Waals surface area contributed by atoms with Crippen LogP contribution in [0.3, 0.4) is 0 Å². The number of carbonyl (C=O) groups is 1. The van der Waals surface area contributed by atoms with Crippen LogP contribution >= 0.6 is 11.3 Å². The molecule has 1 amide bonds. The molecule has 0 unspecified atom stereocenters. The summed E-state index contributed by atoms with van der Waals surface area (Å²) >= 11 is 0.824. The molecule has 182 valence electrons. The third-order valence-corrected chi connectivity index (χ3v) is 6.72. The van der Waals surface area contributed by atoms with E-state index in [4.69, 9.17) is 0 Å². The molecule has 1 aromatic heterocycles. The van der Waals surface area contributed by atoms with Crippen LogP contribution in [-0.4, -0.2) is 53.4 Å². The molecule has 0 bridgehead atoms. The van der Waals surface area contributed by atoms with E-state index >= 15 is 0 Å². The Hall–Kier alpha value is -2.14. The normalized spacial score (nSPS) is 16.2. The Morgan fingerprint density at radius 1 is 1.00 bits per heavy atom. The molecular weight excluding hydrogens is 468 g/mol. The minimum Gasteiger partial charge on any atom is -0.337 e. The van der Waals surface area contributed by atoms with Crippen molar-refractivity contribution in [1.82, 2.24) is 14.8 Å². The molecule has 0 aliphatic carbocycles. The third-order valence-electron chi connectivity index (χ3n) is 5.53. The highest BCUT2D eigenvalue weighted by Crippen LogP contribution is 2.40. The van der Waals surface area contributed by atoms with Gasteiger partial charge in [0, 0.05) is 25.2 Å². The van der Waals surface area contributed by atoms with Gasteiger partial charge in [0.1, 0.15) is 9.88 Å². The molecule has 0 spiro atoms. The van der Waals surface area contributed by atoms with Gasteiger partial charge in [-0.3, -0.25) is 4.79 Å². The van der Waals surface area contributed by atoms with Gasteiger partial charge < -0.3 is 9.80 Å². The van der Waals surface area contributed by atoms with E-state index in [1.54, 1.807) is 4.90 Å². The van der Waals surface area contributed by atoms with Gasteiger partial charge in [0.05, 0.1) is 16.8 Å². The topological polar surface area (TPSA) is 36.4 Å². The van der Waals surface area contributed by atoms with E-state index in [0.29, 0.717) is 25.2 Å². The number of benzene rings is 1. The Morgan fingerprint density at radius 2 is 1.64 bits per heavy atom. The highest BCUT2D eigenvalue weighted by Gasteiger charge is 2.37. The van der Waals surface area contributed by atoms with Crippen LogP contribution in [0.4, 0.5) is 26.3 Å². The molecular formula is C22H25F6N3OS. The fraction of sp³-hybridized carbons (Fsp3) is 0.545. The van der Waals surface area contributed by atoms with Gasteiger partial charge in [0.15, 0.2) is 0 Å². The van der Waals surface area contributed by atoms with E-state index in [1.807, 2.05) is 0 Å². The number of hydrogen-bond donors (Lipinski definition) is 0. The smallest absolute Gasteiger partial charge is 0.337 e. The molecule has 2 heterocycles. The fourth-order valence-corrected chi connectivity index (χ4v) is 4.74. The summed E-state index contributed by atoms with van der Waals surface area (Å²) < 4.78 is 79.2. The van der Waals surface area contributed by atoms with Crippen molar-refractivity contribution in [3.8, 4) is 10.6 Å². The number of amides is 1. The molecule has 1 saturated heterocycles. The molecule has 1 aromatic carbocycles. The predicted molar refractivity (Wildman–Crippen MR) is 114 cm³/mol. The summed E-state index contributed by atoms with van der Waals surface area (Å²) in [6.07, 6.45) is -6.95. The zero-order valence-electron chi connectivity index (χ0n) is 18.3. The lowest BCUT2D eigenvalue weighted by Gasteiger charge is -2.21. The first-order valence-corrected chi connectivity index (χ1v) is 11.5. The highest BCUT2D eigenvalue weighted by molar-refractivity contribution is 7.17. The number of aryl methyl sites for hydroxylation is 1. The van der Waals surface area contributed by atoms with Crippen molar-refractivity contribution in [2.75, 3.05) is 32.7 Å². The Balaban J connectivity index is 1.88. The first-order chi connectivity index (χ1) is 15.4. The van der Waals surface area contributed by atoms with Gasteiger partial charge >= 0.3 is 12.4 Å². The van der Waals surface area contributed by atoms with E-state index in [1.165, 1.54) is 6.92 Å². The zero-order valence-corrected chi connectivity index (χ0v) is 19.1. The molecule has 1 aliphatic rings. The molecule has 1 fully saturated rings. The summed E-state index contributed by atoms with van der Waals surface area (Å²) in [4.78, 5) is 21.5. The Morgan fingerprint density at radius 3 is 2.21 bits per heavy atom. The first-order valence-electron chi connectivity index (χ1n) is 10.7. The Bertz CT molecular complexity index is 953.